The van der Waals surface area contributed by atoms with E-state index in [2.05, 4.69) is 48.5 Å². The summed E-state index contributed by atoms with van der Waals surface area (Å²) in [5.74, 6) is 0.0883. The standard InChI is InChI=1S/C73H142O17P2/c1-8-10-11-12-13-14-15-16-17-18-21-24-27-32-40-47-54-70(75)83-60-68(89-72(77)56-49-42-33-28-25-22-19-20-23-26-30-37-44-51-64(3)4)62-87-91(79,80)85-58-67(74)59-86-92(81,82)88-63-69(90-73(78)57-50-43-34-29-31-38-45-52-65(5)6)61-84-71(76)55-48-41-36-35-39-46-53-66(7)9-2/h64-69,74H,8-63H2,1-7H3,(H,79,80)(H,81,82)/t66?,67-,68-,69-/m1/s1. The predicted octanol–water partition coefficient (Wildman–Crippen LogP) is 21.0. The summed E-state index contributed by atoms with van der Waals surface area (Å²) in [6.45, 7) is 11.8. The van der Waals surface area contributed by atoms with Crippen LogP contribution in [0.4, 0.5) is 0 Å². The molecule has 0 saturated carbocycles. The molecule has 3 unspecified atom stereocenters. The van der Waals surface area contributed by atoms with Crippen molar-refractivity contribution in [2.45, 2.75) is 388 Å². The number of esters is 4. The lowest BCUT2D eigenvalue weighted by molar-refractivity contribution is -0.161. The summed E-state index contributed by atoms with van der Waals surface area (Å²) in [7, 11) is -9.91. The van der Waals surface area contributed by atoms with E-state index >= 15 is 0 Å². The highest BCUT2D eigenvalue weighted by molar-refractivity contribution is 7.47. The van der Waals surface area contributed by atoms with Gasteiger partial charge in [-0.3, -0.25) is 37.3 Å². The third-order valence-electron chi connectivity index (χ3n) is 17.2. The average molecular weight is 1350 g/mol. The van der Waals surface area contributed by atoms with Gasteiger partial charge in [-0.25, -0.2) is 9.13 Å². The summed E-state index contributed by atoms with van der Waals surface area (Å²) in [6, 6.07) is 0. The molecule has 0 radical (unpaired) electrons. The first kappa shape index (κ1) is 90.1. The van der Waals surface area contributed by atoms with Gasteiger partial charge in [-0.1, -0.05) is 318 Å². The molecular formula is C73H142O17P2. The first-order valence-electron chi connectivity index (χ1n) is 37.9. The van der Waals surface area contributed by atoms with Crippen LogP contribution in [-0.2, 0) is 65.4 Å². The molecule has 0 saturated heterocycles. The Morgan fingerprint density at radius 1 is 0.315 bits per heavy atom. The van der Waals surface area contributed by atoms with Gasteiger partial charge in [0.1, 0.15) is 19.3 Å². The third kappa shape index (κ3) is 65.4. The Kier molecular flexibility index (Phi) is 62.4. The topological polar surface area (TPSA) is 237 Å². The van der Waals surface area contributed by atoms with Gasteiger partial charge < -0.3 is 33.8 Å². The van der Waals surface area contributed by atoms with Crippen LogP contribution < -0.4 is 0 Å². The van der Waals surface area contributed by atoms with Crippen LogP contribution in [0.15, 0.2) is 0 Å². The summed E-state index contributed by atoms with van der Waals surface area (Å²) in [6.07, 6.45) is 48.7. The summed E-state index contributed by atoms with van der Waals surface area (Å²) in [5, 5.41) is 10.6. The van der Waals surface area contributed by atoms with Gasteiger partial charge in [-0.15, -0.1) is 0 Å². The fourth-order valence-corrected chi connectivity index (χ4v) is 12.6. The van der Waals surface area contributed by atoms with E-state index in [1.807, 2.05) is 0 Å². The molecule has 0 bridgehead atoms. The van der Waals surface area contributed by atoms with Crippen molar-refractivity contribution >= 4 is 39.5 Å². The van der Waals surface area contributed by atoms with E-state index in [1.54, 1.807) is 0 Å². The zero-order chi connectivity index (χ0) is 68.0. The Bertz CT molecular complexity index is 1800. The number of aliphatic hydroxyl groups is 1. The number of hydrogen-bond donors (Lipinski definition) is 3. The van der Waals surface area contributed by atoms with E-state index in [-0.39, 0.29) is 25.7 Å². The zero-order valence-electron chi connectivity index (χ0n) is 60.0. The molecule has 0 heterocycles. The second kappa shape index (κ2) is 63.8. The van der Waals surface area contributed by atoms with Crippen molar-refractivity contribution in [3.05, 3.63) is 0 Å². The van der Waals surface area contributed by atoms with Gasteiger partial charge in [0.05, 0.1) is 26.4 Å². The van der Waals surface area contributed by atoms with Crippen LogP contribution in [0.5, 0.6) is 0 Å². The van der Waals surface area contributed by atoms with Gasteiger partial charge in [-0.2, -0.15) is 0 Å². The lowest BCUT2D eigenvalue weighted by Gasteiger charge is -2.21. The molecule has 0 aliphatic rings. The van der Waals surface area contributed by atoms with Crippen LogP contribution in [0.3, 0.4) is 0 Å². The SMILES string of the molecule is CCCCCCCCCCCCCCCCCCC(=O)OC[C@H](COP(=O)(O)OC[C@@H](O)COP(=O)(O)OC[C@@H](COC(=O)CCCCCCCCC(C)CC)OC(=O)CCCCCCCCCC(C)C)OC(=O)CCCCCCCCCCCCCCCC(C)C. The summed E-state index contributed by atoms with van der Waals surface area (Å²) >= 11 is 0. The highest BCUT2D eigenvalue weighted by Gasteiger charge is 2.30. The van der Waals surface area contributed by atoms with Gasteiger partial charge in [-0.05, 0) is 43.4 Å². The second-order valence-corrected chi connectivity index (χ2v) is 30.4. The lowest BCUT2D eigenvalue weighted by atomic mass is 10.00. The van der Waals surface area contributed by atoms with Crippen LogP contribution >= 0.6 is 15.6 Å². The molecule has 17 nitrogen and oxygen atoms in total. The Morgan fingerprint density at radius 3 is 0.826 bits per heavy atom. The first-order valence-corrected chi connectivity index (χ1v) is 40.9. The van der Waals surface area contributed by atoms with Crippen molar-refractivity contribution < 1.29 is 80.2 Å². The highest BCUT2D eigenvalue weighted by atomic mass is 31.2. The molecule has 0 amide bonds. The fraction of sp³-hybridized carbons (Fsp3) is 0.945. The van der Waals surface area contributed by atoms with E-state index in [0.29, 0.717) is 31.6 Å². The van der Waals surface area contributed by atoms with Crippen LogP contribution in [0.25, 0.3) is 0 Å². The molecule has 0 aromatic heterocycles. The molecule has 19 heteroatoms. The normalized spacial score (nSPS) is 14.4. The van der Waals surface area contributed by atoms with Gasteiger partial charge in [0.2, 0.25) is 0 Å². The average Bonchev–Trinajstić information content (AvgIpc) is 1.97. The number of carbonyl (C=O) groups excluding carboxylic acids is 4. The largest absolute Gasteiger partial charge is 0.472 e. The molecule has 0 spiro atoms. The minimum Gasteiger partial charge on any atom is -0.462 e. The minimum absolute atomic E-state index is 0.102. The Morgan fingerprint density at radius 2 is 0.554 bits per heavy atom. The predicted molar refractivity (Wildman–Crippen MR) is 372 cm³/mol. The van der Waals surface area contributed by atoms with Crippen molar-refractivity contribution in [1.82, 2.24) is 0 Å². The number of hydrogen-bond acceptors (Lipinski definition) is 15. The van der Waals surface area contributed by atoms with E-state index in [4.69, 9.17) is 37.0 Å². The van der Waals surface area contributed by atoms with Crippen LogP contribution in [-0.4, -0.2) is 96.7 Å². The van der Waals surface area contributed by atoms with Crippen molar-refractivity contribution in [1.29, 1.82) is 0 Å². The number of phosphoric ester groups is 2. The molecule has 0 fully saturated rings. The number of carbonyl (C=O) groups is 4. The molecule has 92 heavy (non-hydrogen) atoms. The summed E-state index contributed by atoms with van der Waals surface area (Å²) < 4.78 is 68.4. The van der Waals surface area contributed by atoms with E-state index in [9.17, 15) is 43.2 Å². The van der Waals surface area contributed by atoms with Gasteiger partial charge in [0.25, 0.3) is 0 Å². The first-order chi connectivity index (χ1) is 44.3. The quantitative estimate of drug-likeness (QED) is 0.0222. The molecule has 0 aliphatic heterocycles. The van der Waals surface area contributed by atoms with Crippen LogP contribution in [0, 0.1) is 17.8 Å². The third-order valence-corrected chi connectivity index (χ3v) is 19.1. The lowest BCUT2D eigenvalue weighted by Crippen LogP contribution is -2.30. The van der Waals surface area contributed by atoms with Crippen molar-refractivity contribution in [2.75, 3.05) is 39.6 Å². The summed E-state index contributed by atoms with van der Waals surface area (Å²) in [5.41, 5.74) is 0. The smallest absolute Gasteiger partial charge is 0.462 e. The van der Waals surface area contributed by atoms with Gasteiger partial charge >= 0.3 is 39.5 Å². The van der Waals surface area contributed by atoms with Crippen molar-refractivity contribution in [3.8, 4) is 0 Å². The molecule has 546 valence electrons. The van der Waals surface area contributed by atoms with Crippen LogP contribution in [0.2, 0.25) is 0 Å². The Labute approximate surface area is 562 Å². The maximum atomic E-state index is 13.1. The van der Waals surface area contributed by atoms with Crippen molar-refractivity contribution in [3.63, 3.8) is 0 Å². The number of phosphoric acid groups is 2. The molecule has 0 aliphatic carbocycles. The zero-order valence-corrected chi connectivity index (χ0v) is 61.8. The Hall–Kier alpha value is -1.94. The van der Waals surface area contributed by atoms with E-state index in [0.717, 1.165) is 108 Å². The Balaban J connectivity index is 5.24. The fourth-order valence-electron chi connectivity index (χ4n) is 11.0. The number of rotatable bonds is 71. The van der Waals surface area contributed by atoms with E-state index < -0.39 is 97.5 Å². The van der Waals surface area contributed by atoms with Crippen LogP contribution in [0.1, 0.15) is 370 Å². The minimum atomic E-state index is -4.96. The molecule has 0 aromatic rings. The monoisotopic (exact) mass is 1350 g/mol. The molecule has 3 N–H and O–H groups in total. The molecular weight excluding hydrogens is 1210 g/mol. The number of aliphatic hydroxyl groups excluding tert-OH is 1. The molecule has 6 atom stereocenters. The maximum Gasteiger partial charge on any atom is 0.472 e. The van der Waals surface area contributed by atoms with Crippen molar-refractivity contribution in [2.24, 2.45) is 17.8 Å². The van der Waals surface area contributed by atoms with Gasteiger partial charge in [0, 0.05) is 25.7 Å². The molecule has 0 rings (SSSR count). The molecule has 0 aromatic carbocycles. The second-order valence-electron chi connectivity index (χ2n) is 27.5. The number of ether oxygens (including phenoxy) is 4. The maximum absolute atomic E-state index is 13.1. The van der Waals surface area contributed by atoms with Gasteiger partial charge in [0.15, 0.2) is 12.2 Å². The summed E-state index contributed by atoms with van der Waals surface area (Å²) in [4.78, 5) is 72.6. The highest BCUT2D eigenvalue weighted by Crippen LogP contribution is 2.45. The van der Waals surface area contributed by atoms with E-state index in [1.165, 1.54) is 173 Å². The number of unbranched alkanes of at least 4 members (excludes halogenated alkanes) is 38.